The second kappa shape index (κ2) is 8.28. The number of benzene rings is 1. The van der Waals surface area contributed by atoms with Gasteiger partial charge in [-0.2, -0.15) is 5.10 Å². The van der Waals surface area contributed by atoms with Crippen molar-refractivity contribution in [2.24, 2.45) is 0 Å². The molecule has 0 radical (unpaired) electrons. The number of nitrogens with zero attached hydrogens (tertiary/aromatic N) is 3. The van der Waals surface area contributed by atoms with E-state index < -0.39 is 0 Å². The van der Waals surface area contributed by atoms with E-state index in [1.807, 2.05) is 17.5 Å². The number of nitrogens with one attached hydrogen (secondary N) is 1. The number of anilines is 1. The third kappa shape index (κ3) is 4.68. The summed E-state index contributed by atoms with van der Waals surface area (Å²) in [5.41, 5.74) is 3.13. The molecule has 0 fully saturated rings. The molecule has 0 atom stereocenters. The molecule has 7 heteroatoms. The van der Waals surface area contributed by atoms with Gasteiger partial charge in [0.15, 0.2) is 0 Å². The van der Waals surface area contributed by atoms with Crippen LogP contribution in [0.1, 0.15) is 37.6 Å². The number of amides is 1. The summed E-state index contributed by atoms with van der Waals surface area (Å²) in [5, 5.41) is 9.23. The monoisotopic (exact) mass is 420 g/mol. The minimum Gasteiger partial charge on any atom is -0.444 e. The van der Waals surface area contributed by atoms with E-state index in [4.69, 9.17) is 4.42 Å². The Labute approximate surface area is 179 Å². The molecular formula is C23H24N4O2S. The zero-order valence-corrected chi connectivity index (χ0v) is 18.1. The quantitative estimate of drug-likeness (QED) is 0.469. The van der Waals surface area contributed by atoms with Gasteiger partial charge in [0, 0.05) is 6.07 Å². The summed E-state index contributed by atoms with van der Waals surface area (Å²) in [5.74, 6) is 1.03. The van der Waals surface area contributed by atoms with E-state index in [0.29, 0.717) is 23.9 Å². The highest BCUT2D eigenvalue weighted by molar-refractivity contribution is 7.13. The van der Waals surface area contributed by atoms with Crippen LogP contribution in [0.25, 0.3) is 10.8 Å². The summed E-state index contributed by atoms with van der Waals surface area (Å²) in [7, 11) is 0. The molecule has 0 aliphatic heterocycles. The lowest BCUT2D eigenvalue weighted by molar-refractivity contribution is -0.115. The topological polar surface area (TPSA) is 73.0 Å². The smallest absolute Gasteiger partial charge is 0.236 e. The maximum absolute atomic E-state index is 12.5. The maximum atomic E-state index is 12.5. The molecule has 0 unspecified atom stereocenters. The van der Waals surface area contributed by atoms with Crippen LogP contribution in [-0.4, -0.2) is 20.7 Å². The second-order valence-electron chi connectivity index (χ2n) is 8.17. The van der Waals surface area contributed by atoms with Crippen LogP contribution < -0.4 is 5.32 Å². The maximum Gasteiger partial charge on any atom is 0.236 e. The van der Waals surface area contributed by atoms with Crippen molar-refractivity contribution in [2.75, 3.05) is 5.32 Å². The zero-order chi connectivity index (χ0) is 21.1. The molecule has 3 aromatic heterocycles. The van der Waals surface area contributed by atoms with Crippen LogP contribution in [-0.2, 0) is 23.2 Å². The Morgan fingerprint density at radius 1 is 1.17 bits per heavy atom. The predicted molar refractivity (Wildman–Crippen MR) is 119 cm³/mol. The standard InChI is InChI=1S/C23H24N4O2S/c1-23(2,3)17-8-6-16(7-9-17)14-27-20(10-11-24-27)26-21(28)13-18-15-29-22(25-18)19-5-4-12-30-19/h4-12,15H,13-14H2,1-3H3,(H,26,28). The molecule has 0 spiro atoms. The fraction of sp³-hybridized carbons (Fsp3) is 0.261. The summed E-state index contributed by atoms with van der Waals surface area (Å²) in [6.45, 7) is 7.17. The van der Waals surface area contributed by atoms with Crippen molar-refractivity contribution in [2.45, 2.75) is 39.2 Å². The highest BCUT2D eigenvalue weighted by atomic mass is 32.1. The minimum atomic E-state index is -0.161. The van der Waals surface area contributed by atoms with Crippen LogP contribution in [0.15, 0.2) is 64.7 Å². The molecular weight excluding hydrogens is 396 g/mol. The van der Waals surface area contributed by atoms with E-state index in [9.17, 15) is 4.79 Å². The Hall–Kier alpha value is -3.19. The first-order valence-electron chi connectivity index (χ1n) is 9.78. The van der Waals surface area contributed by atoms with Gasteiger partial charge < -0.3 is 9.73 Å². The number of hydrogen-bond donors (Lipinski definition) is 1. The fourth-order valence-corrected chi connectivity index (χ4v) is 3.76. The molecule has 0 saturated heterocycles. The van der Waals surface area contributed by atoms with Gasteiger partial charge in [0.2, 0.25) is 11.8 Å². The number of rotatable bonds is 6. The van der Waals surface area contributed by atoms with Gasteiger partial charge in [-0.25, -0.2) is 9.67 Å². The van der Waals surface area contributed by atoms with Crippen molar-refractivity contribution < 1.29 is 9.21 Å². The zero-order valence-electron chi connectivity index (χ0n) is 17.3. The molecule has 4 rings (SSSR count). The average molecular weight is 421 g/mol. The van der Waals surface area contributed by atoms with E-state index in [1.165, 1.54) is 11.8 Å². The summed E-state index contributed by atoms with van der Waals surface area (Å²) < 4.78 is 7.26. The molecule has 0 saturated carbocycles. The third-order valence-corrected chi connectivity index (χ3v) is 5.62. The number of hydrogen-bond acceptors (Lipinski definition) is 5. The van der Waals surface area contributed by atoms with Crippen LogP contribution in [0.2, 0.25) is 0 Å². The van der Waals surface area contributed by atoms with Crippen molar-refractivity contribution in [1.29, 1.82) is 0 Å². The van der Waals surface area contributed by atoms with Crippen LogP contribution in [0.5, 0.6) is 0 Å². The lowest BCUT2D eigenvalue weighted by Gasteiger charge is -2.19. The first-order valence-corrected chi connectivity index (χ1v) is 10.7. The average Bonchev–Trinajstić information content (AvgIpc) is 3.44. The molecule has 30 heavy (non-hydrogen) atoms. The molecule has 4 aromatic rings. The van der Waals surface area contributed by atoms with Gasteiger partial charge in [0.05, 0.1) is 29.7 Å². The van der Waals surface area contributed by atoms with Crippen LogP contribution >= 0.6 is 11.3 Å². The highest BCUT2D eigenvalue weighted by Gasteiger charge is 2.15. The first-order chi connectivity index (χ1) is 14.4. The number of aromatic nitrogens is 3. The lowest BCUT2D eigenvalue weighted by atomic mass is 9.87. The fourth-order valence-electron chi connectivity index (χ4n) is 3.10. The van der Waals surface area contributed by atoms with Gasteiger partial charge in [-0.1, -0.05) is 51.1 Å². The van der Waals surface area contributed by atoms with Crippen LogP contribution in [0.4, 0.5) is 5.82 Å². The molecule has 1 N–H and O–H groups in total. The van der Waals surface area contributed by atoms with Crippen molar-refractivity contribution in [3.8, 4) is 10.8 Å². The van der Waals surface area contributed by atoms with Gasteiger partial charge in [-0.15, -0.1) is 11.3 Å². The van der Waals surface area contributed by atoms with Crippen LogP contribution in [0, 0.1) is 0 Å². The molecule has 3 heterocycles. The highest BCUT2D eigenvalue weighted by Crippen LogP contribution is 2.24. The summed E-state index contributed by atoms with van der Waals surface area (Å²) in [6, 6.07) is 14.2. The van der Waals surface area contributed by atoms with Gasteiger partial charge in [0.25, 0.3) is 0 Å². The predicted octanol–water partition coefficient (Wildman–Crippen LogP) is 5.13. The second-order valence-corrected chi connectivity index (χ2v) is 9.11. The minimum absolute atomic E-state index is 0.119. The van der Waals surface area contributed by atoms with E-state index in [0.717, 1.165) is 10.4 Å². The molecule has 0 aliphatic rings. The van der Waals surface area contributed by atoms with Crippen molar-refractivity contribution in [1.82, 2.24) is 14.8 Å². The Kier molecular flexibility index (Phi) is 5.55. The SMILES string of the molecule is CC(C)(C)c1ccc(Cn2nccc2NC(=O)Cc2coc(-c3cccs3)n2)cc1. The number of thiophene rings is 1. The third-order valence-electron chi connectivity index (χ3n) is 4.76. The Balaban J connectivity index is 1.39. The van der Waals surface area contributed by atoms with Crippen molar-refractivity contribution >= 4 is 23.1 Å². The van der Waals surface area contributed by atoms with E-state index in [-0.39, 0.29) is 17.7 Å². The van der Waals surface area contributed by atoms with Crippen molar-refractivity contribution in [3.05, 3.63) is 77.1 Å². The Morgan fingerprint density at radius 2 is 1.97 bits per heavy atom. The van der Waals surface area contributed by atoms with Crippen LogP contribution in [0.3, 0.4) is 0 Å². The number of carbonyl (C=O) groups excluding carboxylic acids is 1. The Morgan fingerprint density at radius 3 is 2.67 bits per heavy atom. The van der Waals surface area contributed by atoms with Crippen molar-refractivity contribution in [3.63, 3.8) is 0 Å². The van der Waals surface area contributed by atoms with E-state index in [1.54, 1.807) is 28.3 Å². The largest absolute Gasteiger partial charge is 0.444 e. The van der Waals surface area contributed by atoms with Gasteiger partial charge >= 0.3 is 0 Å². The Bertz CT molecular complexity index is 1120. The summed E-state index contributed by atoms with van der Waals surface area (Å²) >= 11 is 1.55. The normalized spacial score (nSPS) is 11.6. The van der Waals surface area contributed by atoms with E-state index in [2.05, 4.69) is 60.4 Å². The van der Waals surface area contributed by atoms with Gasteiger partial charge in [-0.05, 0) is 28.0 Å². The molecule has 154 valence electrons. The number of oxazole rings is 1. The summed E-state index contributed by atoms with van der Waals surface area (Å²) in [4.78, 5) is 17.8. The summed E-state index contributed by atoms with van der Waals surface area (Å²) in [6.07, 6.45) is 3.35. The van der Waals surface area contributed by atoms with Gasteiger partial charge in [0.1, 0.15) is 12.1 Å². The molecule has 0 aliphatic carbocycles. The van der Waals surface area contributed by atoms with Gasteiger partial charge in [-0.3, -0.25) is 4.79 Å². The number of carbonyl (C=O) groups is 1. The lowest BCUT2D eigenvalue weighted by Crippen LogP contribution is -2.18. The molecule has 0 bridgehead atoms. The first kappa shape index (κ1) is 20.1. The van der Waals surface area contributed by atoms with E-state index >= 15 is 0 Å². The molecule has 1 amide bonds. The molecule has 1 aromatic carbocycles. The molecule has 6 nitrogen and oxygen atoms in total.